The maximum absolute atomic E-state index is 12.3. The number of ketones is 1. The van der Waals surface area contributed by atoms with Gasteiger partial charge in [-0.25, -0.2) is 0 Å². The Bertz CT molecular complexity index is 700. The topological polar surface area (TPSA) is 74.7 Å². The molecular formula is C15H11NO4. The molecule has 1 heterocycles. The number of aliphatic hydroxyl groups excluding tert-OH is 1. The highest BCUT2D eigenvalue weighted by atomic mass is 16.3. The van der Waals surface area contributed by atoms with E-state index >= 15 is 0 Å². The zero-order valence-electron chi connectivity index (χ0n) is 10.5. The predicted molar refractivity (Wildman–Crippen MR) is 71.4 cm³/mol. The number of imide groups is 1. The Morgan fingerprint density at radius 2 is 1.55 bits per heavy atom. The van der Waals surface area contributed by atoms with E-state index in [0.717, 1.165) is 10.3 Å². The molecule has 0 bridgehead atoms. The Morgan fingerprint density at radius 1 is 1.00 bits per heavy atom. The minimum absolute atomic E-state index is 0.404. The van der Waals surface area contributed by atoms with E-state index in [1.54, 1.807) is 24.3 Å². The van der Waals surface area contributed by atoms with Gasteiger partial charge in [-0.05, 0) is 17.5 Å². The number of Topliss-reactive ketones (excluding diaryl/α,β-unsaturated/α-hetero) is 1. The van der Waals surface area contributed by atoms with Crippen molar-refractivity contribution in [3.05, 3.63) is 47.5 Å². The minimum Gasteiger partial charge on any atom is -0.389 e. The zero-order valence-corrected chi connectivity index (χ0v) is 10.5. The Kier molecular flexibility index (Phi) is 2.84. The van der Waals surface area contributed by atoms with Crippen LogP contribution in [0, 0.1) is 0 Å². The molecule has 0 fully saturated rings. The van der Waals surface area contributed by atoms with E-state index in [9.17, 15) is 14.4 Å². The average Bonchev–Trinajstić information content (AvgIpc) is 2.48. The smallest absolute Gasteiger partial charge is 0.261 e. The van der Waals surface area contributed by atoms with Crippen LogP contribution in [0.5, 0.6) is 0 Å². The number of nitrogens with zero attached hydrogens (tertiary/aromatic N) is 1. The van der Waals surface area contributed by atoms with Crippen LogP contribution in [-0.2, 0) is 4.79 Å². The van der Waals surface area contributed by atoms with Crippen LogP contribution in [0.25, 0.3) is 10.8 Å². The van der Waals surface area contributed by atoms with Crippen LogP contribution in [0.15, 0.2) is 36.4 Å². The van der Waals surface area contributed by atoms with Crippen molar-refractivity contribution in [3.63, 3.8) is 0 Å². The van der Waals surface area contributed by atoms with Gasteiger partial charge in [-0.2, -0.15) is 0 Å². The number of carbonyl (C=O) groups excluding carboxylic acids is 3. The number of aliphatic hydroxyl groups is 1. The molecule has 0 unspecified atom stereocenters. The van der Waals surface area contributed by atoms with Gasteiger partial charge in [0.15, 0.2) is 5.78 Å². The molecule has 0 radical (unpaired) electrons. The molecular weight excluding hydrogens is 258 g/mol. The SMILES string of the molecule is O=C(CO)CN1C(=O)c2cccc3cccc(c23)C1=O. The average molecular weight is 269 g/mol. The summed E-state index contributed by atoms with van der Waals surface area (Å²) in [5.41, 5.74) is 0.812. The van der Waals surface area contributed by atoms with Gasteiger partial charge in [0.2, 0.25) is 0 Å². The second kappa shape index (κ2) is 4.54. The number of hydrogen-bond acceptors (Lipinski definition) is 4. The van der Waals surface area contributed by atoms with Gasteiger partial charge in [0, 0.05) is 16.5 Å². The predicted octanol–water partition coefficient (Wildman–Crippen LogP) is 0.997. The fourth-order valence-corrected chi connectivity index (χ4v) is 2.45. The lowest BCUT2D eigenvalue weighted by atomic mass is 9.94. The van der Waals surface area contributed by atoms with Crippen LogP contribution in [0.1, 0.15) is 20.7 Å². The summed E-state index contributed by atoms with van der Waals surface area (Å²) in [5.74, 6) is -1.57. The normalized spacial score (nSPS) is 13.9. The van der Waals surface area contributed by atoms with Gasteiger partial charge < -0.3 is 5.11 Å². The third kappa shape index (κ3) is 1.71. The monoisotopic (exact) mass is 269 g/mol. The van der Waals surface area contributed by atoms with E-state index in [2.05, 4.69) is 0 Å². The lowest BCUT2D eigenvalue weighted by Crippen LogP contribution is -2.43. The summed E-state index contributed by atoms with van der Waals surface area (Å²) in [4.78, 5) is 36.9. The second-order valence-corrected chi connectivity index (χ2v) is 4.60. The number of rotatable bonds is 3. The molecule has 0 aromatic heterocycles. The molecule has 0 saturated carbocycles. The Hall–Kier alpha value is -2.53. The molecule has 1 aliphatic rings. The first kappa shape index (κ1) is 12.5. The maximum Gasteiger partial charge on any atom is 0.261 e. The van der Waals surface area contributed by atoms with Gasteiger partial charge in [0.05, 0.1) is 6.54 Å². The maximum atomic E-state index is 12.3. The van der Waals surface area contributed by atoms with E-state index in [1.165, 1.54) is 0 Å². The highest BCUT2D eigenvalue weighted by molar-refractivity contribution is 6.26. The van der Waals surface area contributed by atoms with Crippen molar-refractivity contribution < 1.29 is 19.5 Å². The molecule has 0 spiro atoms. The Labute approximate surface area is 114 Å². The molecule has 20 heavy (non-hydrogen) atoms. The largest absolute Gasteiger partial charge is 0.389 e. The summed E-state index contributed by atoms with van der Waals surface area (Å²) in [6, 6.07) is 10.4. The molecule has 2 amide bonds. The fourth-order valence-electron chi connectivity index (χ4n) is 2.45. The molecule has 3 rings (SSSR count). The van der Waals surface area contributed by atoms with Crippen molar-refractivity contribution in [2.75, 3.05) is 13.2 Å². The zero-order chi connectivity index (χ0) is 14.3. The standard InChI is InChI=1S/C15H11NO4/c17-8-10(18)7-16-14(19)11-5-1-3-9-4-2-6-12(13(9)11)15(16)20/h1-6,17H,7-8H2. The second-order valence-electron chi connectivity index (χ2n) is 4.60. The van der Waals surface area contributed by atoms with Crippen molar-refractivity contribution in [1.29, 1.82) is 0 Å². The molecule has 1 aliphatic heterocycles. The van der Waals surface area contributed by atoms with Gasteiger partial charge >= 0.3 is 0 Å². The van der Waals surface area contributed by atoms with E-state index in [4.69, 9.17) is 5.11 Å². The number of hydrogen-bond donors (Lipinski definition) is 1. The minimum atomic E-state index is -0.692. The Balaban J connectivity index is 2.19. The first-order valence-corrected chi connectivity index (χ1v) is 6.14. The summed E-state index contributed by atoms with van der Waals surface area (Å²) in [5, 5.41) is 10.2. The molecule has 2 aromatic rings. The van der Waals surface area contributed by atoms with Crippen molar-refractivity contribution in [2.45, 2.75) is 0 Å². The highest BCUT2D eigenvalue weighted by Crippen LogP contribution is 2.29. The highest BCUT2D eigenvalue weighted by Gasteiger charge is 2.33. The third-order valence-electron chi connectivity index (χ3n) is 3.37. The molecule has 5 nitrogen and oxygen atoms in total. The van der Waals surface area contributed by atoms with Gasteiger partial charge in [-0.3, -0.25) is 19.3 Å². The van der Waals surface area contributed by atoms with Crippen LogP contribution < -0.4 is 0 Å². The Morgan fingerprint density at radius 3 is 2.05 bits per heavy atom. The summed E-state index contributed by atoms with van der Waals surface area (Å²) < 4.78 is 0. The van der Waals surface area contributed by atoms with Gasteiger partial charge in [0.25, 0.3) is 11.8 Å². The molecule has 0 aliphatic carbocycles. The summed E-state index contributed by atoms with van der Waals surface area (Å²) in [6.45, 7) is -1.10. The summed E-state index contributed by atoms with van der Waals surface area (Å²) in [6.07, 6.45) is 0. The van der Waals surface area contributed by atoms with Gasteiger partial charge in [-0.15, -0.1) is 0 Å². The van der Waals surface area contributed by atoms with Crippen molar-refractivity contribution in [2.24, 2.45) is 0 Å². The van der Waals surface area contributed by atoms with E-state index in [1.807, 2.05) is 12.1 Å². The van der Waals surface area contributed by atoms with E-state index < -0.39 is 30.7 Å². The molecule has 5 heteroatoms. The van der Waals surface area contributed by atoms with E-state index in [0.29, 0.717) is 16.5 Å². The van der Waals surface area contributed by atoms with Crippen molar-refractivity contribution in [3.8, 4) is 0 Å². The summed E-state index contributed by atoms with van der Waals surface area (Å²) >= 11 is 0. The van der Waals surface area contributed by atoms with Crippen molar-refractivity contribution in [1.82, 2.24) is 4.90 Å². The molecule has 1 N–H and O–H groups in total. The van der Waals surface area contributed by atoms with Crippen LogP contribution in [0.3, 0.4) is 0 Å². The van der Waals surface area contributed by atoms with Gasteiger partial charge in [-0.1, -0.05) is 24.3 Å². The van der Waals surface area contributed by atoms with Crippen LogP contribution in [0.4, 0.5) is 0 Å². The third-order valence-corrected chi connectivity index (χ3v) is 3.37. The first-order chi connectivity index (χ1) is 9.63. The lowest BCUT2D eigenvalue weighted by Gasteiger charge is -2.26. The summed E-state index contributed by atoms with van der Waals surface area (Å²) in [7, 11) is 0. The first-order valence-electron chi connectivity index (χ1n) is 6.14. The quantitative estimate of drug-likeness (QED) is 0.843. The number of carbonyl (C=O) groups is 3. The van der Waals surface area contributed by atoms with Gasteiger partial charge in [0.1, 0.15) is 6.61 Å². The van der Waals surface area contributed by atoms with Crippen LogP contribution in [-0.4, -0.2) is 40.8 Å². The molecule has 0 atom stereocenters. The van der Waals surface area contributed by atoms with Crippen LogP contribution >= 0.6 is 0 Å². The molecule has 100 valence electrons. The van der Waals surface area contributed by atoms with E-state index in [-0.39, 0.29) is 0 Å². The number of benzene rings is 2. The lowest BCUT2D eigenvalue weighted by molar-refractivity contribution is -0.122. The molecule has 2 aromatic carbocycles. The number of amides is 2. The van der Waals surface area contributed by atoms with Crippen LogP contribution in [0.2, 0.25) is 0 Å². The molecule has 0 saturated heterocycles. The van der Waals surface area contributed by atoms with Crippen molar-refractivity contribution >= 4 is 28.4 Å². The fraction of sp³-hybridized carbons (Fsp3) is 0.133.